The lowest BCUT2D eigenvalue weighted by Crippen LogP contribution is -2.24. The van der Waals surface area contributed by atoms with Crippen molar-refractivity contribution in [2.45, 2.75) is 25.5 Å². The molecule has 0 saturated heterocycles. The van der Waals surface area contributed by atoms with Gasteiger partial charge in [-0.25, -0.2) is 4.39 Å². The number of nitrogens with one attached hydrogen (secondary N) is 1. The highest BCUT2D eigenvalue weighted by molar-refractivity contribution is 7.99. The first-order valence-corrected chi connectivity index (χ1v) is 10.8. The number of amides is 1. The Labute approximate surface area is 173 Å². The van der Waals surface area contributed by atoms with Crippen LogP contribution in [0.2, 0.25) is 0 Å². The number of carbonyl (C=O) groups is 1. The third-order valence-corrected chi connectivity index (χ3v) is 5.99. The van der Waals surface area contributed by atoms with Crippen molar-refractivity contribution in [2.24, 2.45) is 5.92 Å². The molecule has 0 unspecified atom stereocenters. The predicted octanol–water partition coefficient (Wildman–Crippen LogP) is 3.63. The van der Waals surface area contributed by atoms with Crippen molar-refractivity contribution in [3.63, 3.8) is 0 Å². The fourth-order valence-corrected chi connectivity index (χ4v) is 4.58. The molecular formula is C19H18FN5O2S2. The molecule has 29 heavy (non-hydrogen) atoms. The molecule has 4 rings (SSSR count). The fourth-order valence-electron chi connectivity index (χ4n) is 3.02. The molecule has 1 aromatic carbocycles. The van der Waals surface area contributed by atoms with Crippen LogP contribution in [0, 0.1) is 11.7 Å². The lowest BCUT2D eigenvalue weighted by atomic mass is 10.2. The Morgan fingerprint density at radius 3 is 2.90 bits per heavy atom. The lowest BCUT2D eigenvalue weighted by molar-refractivity contribution is -0.113. The van der Waals surface area contributed by atoms with E-state index in [0.717, 1.165) is 5.52 Å². The van der Waals surface area contributed by atoms with Gasteiger partial charge in [0.2, 0.25) is 11.7 Å². The summed E-state index contributed by atoms with van der Waals surface area (Å²) in [6.45, 7) is 4.59. The topological polar surface area (TPSA) is 81.3 Å². The molecule has 150 valence electrons. The Kier molecular flexibility index (Phi) is 5.37. The predicted molar refractivity (Wildman–Crippen MR) is 113 cm³/mol. The number of aromatic nitrogens is 4. The molecule has 0 bridgehead atoms. The number of hydrogen-bond acceptors (Lipinski definition) is 6. The molecule has 0 aliphatic rings. The van der Waals surface area contributed by atoms with Gasteiger partial charge in [0.25, 0.3) is 5.56 Å². The lowest BCUT2D eigenvalue weighted by Gasteiger charge is -2.11. The van der Waals surface area contributed by atoms with E-state index in [1.807, 2.05) is 29.7 Å². The molecule has 0 atom stereocenters. The van der Waals surface area contributed by atoms with Crippen LogP contribution in [-0.2, 0) is 11.3 Å². The molecule has 7 nitrogen and oxygen atoms in total. The molecule has 3 aromatic heterocycles. The number of anilines is 1. The summed E-state index contributed by atoms with van der Waals surface area (Å²) in [7, 11) is 0. The van der Waals surface area contributed by atoms with Crippen LogP contribution in [0.3, 0.4) is 0 Å². The van der Waals surface area contributed by atoms with E-state index in [2.05, 4.69) is 15.5 Å². The Hall–Kier alpha value is -2.72. The average Bonchev–Trinajstić information content (AvgIpc) is 3.30. The molecule has 10 heteroatoms. The third-order valence-electron chi connectivity index (χ3n) is 4.17. The van der Waals surface area contributed by atoms with Gasteiger partial charge in [-0.1, -0.05) is 31.7 Å². The first-order chi connectivity index (χ1) is 13.9. The second kappa shape index (κ2) is 7.96. The highest BCUT2D eigenvalue weighted by atomic mass is 32.2. The number of fused-ring (bicyclic) bond motifs is 3. The molecule has 0 spiro atoms. The minimum Gasteiger partial charge on any atom is -0.325 e. The first-order valence-electron chi connectivity index (χ1n) is 8.97. The van der Waals surface area contributed by atoms with Gasteiger partial charge in [-0.2, -0.15) is 0 Å². The van der Waals surface area contributed by atoms with Gasteiger partial charge in [-0.05, 0) is 35.6 Å². The highest BCUT2D eigenvalue weighted by Gasteiger charge is 2.19. The summed E-state index contributed by atoms with van der Waals surface area (Å²) in [4.78, 5) is 25.1. The van der Waals surface area contributed by atoms with Crippen LogP contribution < -0.4 is 10.9 Å². The number of carbonyl (C=O) groups excluding carboxylic acids is 1. The van der Waals surface area contributed by atoms with Crippen molar-refractivity contribution in [1.82, 2.24) is 19.2 Å². The zero-order valence-electron chi connectivity index (χ0n) is 15.8. The minimum absolute atomic E-state index is 0.0756. The fraction of sp³-hybridized carbons (Fsp3) is 0.263. The molecule has 0 radical (unpaired) electrons. The van der Waals surface area contributed by atoms with Crippen LogP contribution in [0.4, 0.5) is 10.1 Å². The molecule has 0 fully saturated rings. The summed E-state index contributed by atoms with van der Waals surface area (Å²) < 4.78 is 17.4. The normalized spacial score (nSPS) is 11.6. The largest absolute Gasteiger partial charge is 0.325 e. The van der Waals surface area contributed by atoms with Crippen LogP contribution >= 0.6 is 23.1 Å². The van der Waals surface area contributed by atoms with E-state index in [1.165, 1.54) is 41.3 Å². The van der Waals surface area contributed by atoms with E-state index >= 15 is 0 Å². The van der Waals surface area contributed by atoms with Crippen molar-refractivity contribution in [3.8, 4) is 0 Å². The maximum absolute atomic E-state index is 13.3. The zero-order chi connectivity index (χ0) is 20.5. The molecular weight excluding hydrogens is 413 g/mol. The van der Waals surface area contributed by atoms with Crippen LogP contribution in [0.15, 0.2) is 45.7 Å². The van der Waals surface area contributed by atoms with Crippen molar-refractivity contribution >= 4 is 50.7 Å². The average molecular weight is 432 g/mol. The summed E-state index contributed by atoms with van der Waals surface area (Å²) in [6, 6.07) is 7.58. The first kappa shape index (κ1) is 19.6. The molecule has 4 aromatic rings. The SMILES string of the molecule is CC(C)Cn1c(=O)c2sccc2n2c(SCC(=O)Nc3cccc(F)c3)nnc12. The number of rotatable bonds is 6. The van der Waals surface area contributed by atoms with Crippen LogP contribution in [0.25, 0.3) is 16.0 Å². The van der Waals surface area contributed by atoms with Gasteiger partial charge < -0.3 is 5.32 Å². The van der Waals surface area contributed by atoms with E-state index in [4.69, 9.17) is 0 Å². The van der Waals surface area contributed by atoms with Crippen molar-refractivity contribution < 1.29 is 9.18 Å². The number of halogens is 1. The molecule has 0 aliphatic heterocycles. The van der Waals surface area contributed by atoms with Crippen LogP contribution in [0.1, 0.15) is 13.8 Å². The summed E-state index contributed by atoms with van der Waals surface area (Å²) in [5, 5.41) is 13.5. The third kappa shape index (κ3) is 3.90. The van der Waals surface area contributed by atoms with Crippen molar-refractivity contribution in [2.75, 3.05) is 11.1 Å². The summed E-state index contributed by atoms with van der Waals surface area (Å²) >= 11 is 2.59. The smallest absolute Gasteiger partial charge is 0.272 e. The monoisotopic (exact) mass is 431 g/mol. The van der Waals surface area contributed by atoms with E-state index in [9.17, 15) is 14.0 Å². The van der Waals surface area contributed by atoms with Crippen molar-refractivity contribution in [1.29, 1.82) is 0 Å². The Morgan fingerprint density at radius 2 is 2.14 bits per heavy atom. The van der Waals surface area contributed by atoms with Gasteiger partial charge in [0, 0.05) is 12.2 Å². The number of thioether (sulfide) groups is 1. The number of benzene rings is 1. The number of hydrogen-bond donors (Lipinski definition) is 1. The summed E-state index contributed by atoms with van der Waals surface area (Å²) in [5.74, 6) is 0.101. The zero-order valence-corrected chi connectivity index (χ0v) is 17.4. The maximum Gasteiger partial charge on any atom is 0.272 e. The molecule has 0 aliphatic carbocycles. The van der Waals surface area contributed by atoms with Crippen LogP contribution in [-0.4, -0.2) is 30.8 Å². The Balaban J connectivity index is 1.64. The standard InChI is InChI=1S/C19H18FN5O2S2/c1-11(2)9-24-17(27)16-14(6-7-28-16)25-18(24)22-23-19(25)29-10-15(26)21-13-5-3-4-12(20)8-13/h3-8,11H,9-10H2,1-2H3,(H,21,26). The minimum atomic E-state index is -0.415. The van der Waals surface area contributed by atoms with Gasteiger partial charge >= 0.3 is 0 Å². The second-order valence-corrected chi connectivity index (χ2v) is 8.77. The Morgan fingerprint density at radius 1 is 1.31 bits per heavy atom. The number of thiophene rings is 1. The maximum atomic E-state index is 13.3. The van der Waals surface area contributed by atoms with Gasteiger partial charge in [0.15, 0.2) is 5.16 Å². The van der Waals surface area contributed by atoms with Gasteiger partial charge in [0.1, 0.15) is 10.5 Å². The van der Waals surface area contributed by atoms with E-state index in [1.54, 1.807) is 10.6 Å². The highest BCUT2D eigenvalue weighted by Crippen LogP contribution is 2.25. The van der Waals surface area contributed by atoms with Crippen LogP contribution in [0.5, 0.6) is 0 Å². The van der Waals surface area contributed by atoms with E-state index in [-0.39, 0.29) is 23.1 Å². The molecule has 0 saturated carbocycles. The summed E-state index contributed by atoms with van der Waals surface area (Å²) in [6.07, 6.45) is 0. The second-order valence-electron chi connectivity index (χ2n) is 6.91. The van der Waals surface area contributed by atoms with Crippen molar-refractivity contribution in [3.05, 3.63) is 51.9 Å². The van der Waals surface area contributed by atoms with Gasteiger partial charge in [-0.3, -0.25) is 18.6 Å². The Bertz CT molecular complexity index is 1260. The molecule has 3 heterocycles. The quantitative estimate of drug-likeness (QED) is 0.472. The molecule has 1 amide bonds. The summed E-state index contributed by atoms with van der Waals surface area (Å²) in [5.41, 5.74) is 1.05. The number of nitrogens with zero attached hydrogens (tertiary/aromatic N) is 4. The van der Waals surface area contributed by atoms with Gasteiger partial charge in [-0.15, -0.1) is 21.5 Å². The van der Waals surface area contributed by atoms with E-state index in [0.29, 0.717) is 27.9 Å². The van der Waals surface area contributed by atoms with Gasteiger partial charge in [0.05, 0.1) is 11.3 Å². The molecule has 1 N–H and O–H groups in total. The van der Waals surface area contributed by atoms with E-state index < -0.39 is 5.82 Å².